The first-order valence-corrected chi connectivity index (χ1v) is 5.55. The van der Waals surface area contributed by atoms with E-state index in [-0.39, 0.29) is 5.78 Å². The molecule has 0 unspecified atom stereocenters. The molecule has 2 heteroatoms. The van der Waals surface area contributed by atoms with Gasteiger partial charge in [0.2, 0.25) is 0 Å². The highest BCUT2D eigenvalue weighted by atomic mass is 16.3. The first-order chi connectivity index (χ1) is 7.23. The number of benzene rings is 1. The molecule has 15 heavy (non-hydrogen) atoms. The van der Waals surface area contributed by atoms with Gasteiger partial charge >= 0.3 is 0 Å². The van der Waals surface area contributed by atoms with Crippen molar-refractivity contribution in [3.63, 3.8) is 0 Å². The van der Waals surface area contributed by atoms with E-state index in [9.17, 15) is 9.90 Å². The standard InChI is InChI=1S/C13H16O2/c14-12-9-5-2-6-10-13(12,15)11-7-3-1-4-8-11/h1,3-4,7-8,15H,2,5-6,9-10H2/t13-/m0/s1. The fourth-order valence-electron chi connectivity index (χ4n) is 2.21. The molecule has 1 aliphatic rings. The maximum atomic E-state index is 11.9. The normalized spacial score (nSPS) is 27.4. The van der Waals surface area contributed by atoms with Crippen molar-refractivity contribution >= 4 is 5.78 Å². The predicted octanol–water partition coefficient (Wildman–Crippen LogP) is 2.41. The number of ketones is 1. The van der Waals surface area contributed by atoms with Gasteiger partial charge in [0.25, 0.3) is 0 Å². The summed E-state index contributed by atoms with van der Waals surface area (Å²) >= 11 is 0. The Labute approximate surface area is 89.9 Å². The van der Waals surface area contributed by atoms with Gasteiger partial charge in [0.1, 0.15) is 5.60 Å². The van der Waals surface area contributed by atoms with E-state index in [2.05, 4.69) is 0 Å². The molecule has 0 bridgehead atoms. The molecule has 0 aromatic heterocycles. The molecule has 0 radical (unpaired) electrons. The molecule has 1 aromatic carbocycles. The minimum absolute atomic E-state index is 0.0220. The smallest absolute Gasteiger partial charge is 0.168 e. The number of hydrogen-bond donors (Lipinski definition) is 1. The maximum absolute atomic E-state index is 11.9. The second-order valence-corrected chi connectivity index (χ2v) is 4.21. The molecule has 0 aliphatic heterocycles. The van der Waals surface area contributed by atoms with Crippen LogP contribution in [0.2, 0.25) is 0 Å². The summed E-state index contributed by atoms with van der Waals surface area (Å²) in [5.41, 5.74) is -0.477. The van der Waals surface area contributed by atoms with E-state index in [1.807, 2.05) is 30.3 Å². The first kappa shape index (κ1) is 10.4. The molecule has 1 atom stereocenters. The molecule has 0 spiro atoms. The second kappa shape index (κ2) is 4.15. The van der Waals surface area contributed by atoms with Crippen molar-refractivity contribution in [1.29, 1.82) is 0 Å². The summed E-state index contributed by atoms with van der Waals surface area (Å²) in [5.74, 6) is -0.0220. The lowest BCUT2D eigenvalue weighted by Crippen LogP contribution is -2.34. The average Bonchev–Trinajstić information content (AvgIpc) is 2.44. The van der Waals surface area contributed by atoms with E-state index in [0.29, 0.717) is 12.8 Å². The number of hydrogen-bond acceptors (Lipinski definition) is 2. The zero-order valence-electron chi connectivity index (χ0n) is 8.78. The Morgan fingerprint density at radius 2 is 1.80 bits per heavy atom. The van der Waals surface area contributed by atoms with Gasteiger partial charge in [-0.3, -0.25) is 4.79 Å². The monoisotopic (exact) mass is 204 g/mol. The number of aliphatic hydroxyl groups is 1. The van der Waals surface area contributed by atoms with Gasteiger partial charge in [-0.15, -0.1) is 0 Å². The molecule has 1 aliphatic carbocycles. The summed E-state index contributed by atoms with van der Waals surface area (Å²) in [6, 6.07) is 9.30. The number of rotatable bonds is 1. The SMILES string of the molecule is O=C1CCCCC[C@]1(O)c1ccccc1. The summed E-state index contributed by atoms with van der Waals surface area (Å²) in [4.78, 5) is 11.9. The Kier molecular flexibility index (Phi) is 2.87. The minimum atomic E-state index is -1.22. The fourth-order valence-corrected chi connectivity index (χ4v) is 2.21. The Balaban J connectivity index is 2.34. The Bertz CT molecular complexity index is 345. The van der Waals surface area contributed by atoms with Gasteiger partial charge in [-0.05, 0) is 24.8 Å². The first-order valence-electron chi connectivity index (χ1n) is 5.55. The number of carbonyl (C=O) groups is 1. The number of carbonyl (C=O) groups excluding carboxylic acids is 1. The van der Waals surface area contributed by atoms with Gasteiger partial charge in [0, 0.05) is 6.42 Å². The van der Waals surface area contributed by atoms with Crippen LogP contribution in [0.15, 0.2) is 30.3 Å². The molecule has 1 fully saturated rings. The van der Waals surface area contributed by atoms with Gasteiger partial charge < -0.3 is 5.11 Å². The third-order valence-corrected chi connectivity index (χ3v) is 3.16. The Hall–Kier alpha value is -1.15. The van der Waals surface area contributed by atoms with Crippen molar-refractivity contribution in [1.82, 2.24) is 0 Å². The molecule has 1 N–H and O–H groups in total. The van der Waals surface area contributed by atoms with Gasteiger partial charge in [-0.2, -0.15) is 0 Å². The van der Waals surface area contributed by atoms with Crippen LogP contribution in [0.4, 0.5) is 0 Å². The van der Waals surface area contributed by atoms with Crippen LogP contribution in [0.25, 0.3) is 0 Å². The third-order valence-electron chi connectivity index (χ3n) is 3.16. The minimum Gasteiger partial charge on any atom is -0.377 e. The molecular formula is C13H16O2. The van der Waals surface area contributed by atoms with Crippen LogP contribution < -0.4 is 0 Å². The zero-order chi connectivity index (χ0) is 10.7. The van der Waals surface area contributed by atoms with Crippen LogP contribution in [0.5, 0.6) is 0 Å². The highest BCUT2D eigenvalue weighted by Gasteiger charge is 2.37. The predicted molar refractivity (Wildman–Crippen MR) is 58.4 cm³/mol. The lowest BCUT2D eigenvalue weighted by Gasteiger charge is -2.25. The Morgan fingerprint density at radius 1 is 1.07 bits per heavy atom. The zero-order valence-corrected chi connectivity index (χ0v) is 8.78. The van der Waals surface area contributed by atoms with E-state index < -0.39 is 5.60 Å². The van der Waals surface area contributed by atoms with Crippen molar-refractivity contribution in [2.24, 2.45) is 0 Å². The average molecular weight is 204 g/mol. The summed E-state index contributed by atoms with van der Waals surface area (Å²) < 4.78 is 0. The van der Waals surface area contributed by atoms with Gasteiger partial charge in [0.05, 0.1) is 0 Å². The van der Waals surface area contributed by atoms with Crippen LogP contribution in [0.1, 0.15) is 37.7 Å². The van der Waals surface area contributed by atoms with E-state index >= 15 is 0 Å². The molecule has 0 heterocycles. The maximum Gasteiger partial charge on any atom is 0.168 e. The van der Waals surface area contributed by atoms with E-state index in [1.165, 1.54) is 0 Å². The quantitative estimate of drug-likeness (QED) is 0.713. The van der Waals surface area contributed by atoms with Crippen molar-refractivity contribution in [3.8, 4) is 0 Å². The van der Waals surface area contributed by atoms with E-state index in [4.69, 9.17) is 0 Å². The van der Waals surface area contributed by atoms with E-state index in [0.717, 1.165) is 24.8 Å². The van der Waals surface area contributed by atoms with Gasteiger partial charge in [0.15, 0.2) is 5.78 Å². The number of Topliss-reactive ketones (excluding diaryl/α,β-unsaturated/α-hetero) is 1. The highest BCUT2D eigenvalue weighted by Crippen LogP contribution is 2.32. The molecule has 0 saturated heterocycles. The summed E-state index contributed by atoms with van der Waals surface area (Å²) in [5, 5.41) is 10.4. The largest absolute Gasteiger partial charge is 0.377 e. The van der Waals surface area contributed by atoms with Crippen LogP contribution >= 0.6 is 0 Å². The summed E-state index contributed by atoms with van der Waals surface area (Å²) in [6.07, 6.45) is 3.95. The van der Waals surface area contributed by atoms with Crippen LogP contribution in [-0.2, 0) is 10.4 Å². The molecule has 80 valence electrons. The van der Waals surface area contributed by atoms with Crippen molar-refractivity contribution in [2.75, 3.05) is 0 Å². The Morgan fingerprint density at radius 3 is 2.53 bits per heavy atom. The van der Waals surface area contributed by atoms with Crippen molar-refractivity contribution in [2.45, 2.75) is 37.7 Å². The molecule has 2 nitrogen and oxygen atoms in total. The highest BCUT2D eigenvalue weighted by molar-refractivity contribution is 5.88. The van der Waals surface area contributed by atoms with Crippen LogP contribution in [0.3, 0.4) is 0 Å². The lowest BCUT2D eigenvalue weighted by atomic mass is 9.85. The molecule has 0 amide bonds. The third kappa shape index (κ3) is 1.95. The molecule has 1 aromatic rings. The fraction of sp³-hybridized carbons (Fsp3) is 0.462. The van der Waals surface area contributed by atoms with Crippen LogP contribution in [0, 0.1) is 0 Å². The summed E-state index contributed by atoms with van der Waals surface area (Å²) in [6.45, 7) is 0. The van der Waals surface area contributed by atoms with E-state index in [1.54, 1.807) is 0 Å². The molecular weight excluding hydrogens is 188 g/mol. The summed E-state index contributed by atoms with van der Waals surface area (Å²) in [7, 11) is 0. The van der Waals surface area contributed by atoms with Crippen molar-refractivity contribution < 1.29 is 9.90 Å². The molecule has 1 saturated carbocycles. The topological polar surface area (TPSA) is 37.3 Å². The second-order valence-electron chi connectivity index (χ2n) is 4.21. The lowest BCUT2D eigenvalue weighted by molar-refractivity contribution is -0.138. The molecule has 2 rings (SSSR count). The van der Waals surface area contributed by atoms with Gasteiger partial charge in [-0.25, -0.2) is 0 Å². The van der Waals surface area contributed by atoms with Crippen molar-refractivity contribution in [3.05, 3.63) is 35.9 Å². The van der Waals surface area contributed by atoms with Crippen LogP contribution in [-0.4, -0.2) is 10.9 Å². The van der Waals surface area contributed by atoms with Gasteiger partial charge in [-0.1, -0.05) is 36.8 Å².